The first-order chi connectivity index (χ1) is 18.8. The molecule has 3 aliphatic rings. The van der Waals surface area contributed by atoms with Crippen LogP contribution in [-0.2, 0) is 30.6 Å². The van der Waals surface area contributed by atoms with Crippen LogP contribution < -0.4 is 9.62 Å². The van der Waals surface area contributed by atoms with Crippen LogP contribution in [0.25, 0.3) is 0 Å². The molecule has 11 nitrogen and oxygen atoms in total. The summed E-state index contributed by atoms with van der Waals surface area (Å²) in [6.45, 7) is -0.525. The van der Waals surface area contributed by atoms with Crippen LogP contribution in [0.4, 0.5) is 10.1 Å². The first kappa shape index (κ1) is 22.0. The Balaban J connectivity index is 1.47. The predicted molar refractivity (Wildman–Crippen MR) is 136 cm³/mol. The van der Waals surface area contributed by atoms with Crippen LogP contribution in [0.1, 0.15) is 44.0 Å². The van der Waals surface area contributed by atoms with Crippen molar-refractivity contribution in [2.75, 3.05) is 11.4 Å². The molecule has 0 radical (unpaired) electrons. The van der Waals surface area contributed by atoms with Crippen LogP contribution in [0.15, 0.2) is 46.7 Å². The zero-order valence-corrected chi connectivity index (χ0v) is 21.6. The number of sulfonamides is 1. The van der Waals surface area contributed by atoms with Crippen LogP contribution in [-0.4, -0.2) is 62.9 Å². The Morgan fingerprint density at radius 2 is 2.05 bits per heavy atom. The number of nitrogens with zero attached hydrogens (tertiary/aromatic N) is 7. The molecule has 0 unspecified atom stereocenters. The summed E-state index contributed by atoms with van der Waals surface area (Å²) in [5, 5.41) is 7.70. The number of fused-ring (bicyclic) bond motifs is 3. The number of carbonyl (C=O) groups is 1. The predicted octanol–water partition coefficient (Wildman–Crippen LogP) is 1.38. The van der Waals surface area contributed by atoms with Crippen molar-refractivity contribution >= 4 is 27.6 Å². The summed E-state index contributed by atoms with van der Waals surface area (Å²) in [5.74, 6) is 4.25. The van der Waals surface area contributed by atoms with Gasteiger partial charge in [-0.15, -0.1) is 5.10 Å². The van der Waals surface area contributed by atoms with Gasteiger partial charge in [-0.3, -0.25) is 24.0 Å². The van der Waals surface area contributed by atoms with Gasteiger partial charge in [-0.25, -0.2) is 18.1 Å². The van der Waals surface area contributed by atoms with Crippen molar-refractivity contribution < 1.29 is 20.3 Å². The number of hydrogen-bond acceptors (Lipinski definition) is 7. The van der Waals surface area contributed by atoms with Crippen molar-refractivity contribution in [1.82, 2.24) is 29.2 Å². The van der Waals surface area contributed by atoms with E-state index in [4.69, 9.17) is 2.74 Å². The fourth-order valence-electron chi connectivity index (χ4n) is 4.39. The molecule has 4 heterocycles. The highest BCUT2D eigenvalue weighted by Gasteiger charge is 2.44. The van der Waals surface area contributed by atoms with E-state index in [0.29, 0.717) is 18.5 Å². The number of aryl methyl sites for hydroxylation is 2. The van der Waals surface area contributed by atoms with Crippen molar-refractivity contribution in [3.05, 3.63) is 59.4 Å². The van der Waals surface area contributed by atoms with Crippen molar-refractivity contribution in [2.24, 2.45) is 19.1 Å². The molecule has 0 spiro atoms. The monoisotopic (exact) mass is 538 g/mol. The lowest BCUT2D eigenvalue weighted by Crippen LogP contribution is -2.52. The minimum absolute atomic E-state index is 0.0107. The van der Waals surface area contributed by atoms with Crippen molar-refractivity contribution in [2.45, 2.75) is 42.7 Å². The summed E-state index contributed by atoms with van der Waals surface area (Å²) in [6.07, 6.45) is 5.62. The average molecular weight is 539 g/mol. The molecule has 0 bridgehead atoms. The topological polar surface area (TPSA) is 118 Å². The number of benzene rings is 1. The van der Waals surface area contributed by atoms with Crippen LogP contribution in [0.2, 0.25) is 0 Å². The van der Waals surface area contributed by atoms with Crippen LogP contribution in [0, 0.1) is 17.8 Å². The van der Waals surface area contributed by atoms with Gasteiger partial charge in [0.25, 0.3) is 5.91 Å². The zero-order valence-electron chi connectivity index (χ0n) is 22.8. The minimum Gasteiger partial charge on any atom is -0.295 e. The Labute approximate surface area is 221 Å². The summed E-state index contributed by atoms with van der Waals surface area (Å²) in [6, 6.07) is 3.44. The maximum absolute atomic E-state index is 14.1. The maximum atomic E-state index is 14.1. The molecule has 2 aliphatic heterocycles. The molecule has 13 heteroatoms. The Morgan fingerprint density at radius 1 is 1.26 bits per heavy atom. The van der Waals surface area contributed by atoms with Gasteiger partial charge in [0.2, 0.25) is 21.9 Å². The minimum atomic E-state index is -3.95. The van der Waals surface area contributed by atoms with Gasteiger partial charge in [-0.05, 0) is 38.0 Å². The highest BCUT2D eigenvalue weighted by atomic mass is 32.2. The summed E-state index contributed by atoms with van der Waals surface area (Å²) >= 11 is 0. The molecule has 1 N–H and O–H groups in total. The van der Waals surface area contributed by atoms with E-state index in [0.717, 1.165) is 4.90 Å². The van der Waals surface area contributed by atoms with Gasteiger partial charge in [-0.2, -0.15) is 9.49 Å². The second-order valence-corrected chi connectivity index (χ2v) is 11.5. The molecular weight excluding hydrogens is 511 g/mol. The van der Waals surface area contributed by atoms with E-state index in [2.05, 4.69) is 31.8 Å². The van der Waals surface area contributed by atoms with Crippen LogP contribution >= 0.6 is 0 Å². The smallest absolute Gasteiger partial charge is 0.263 e. The number of aliphatic imine (C=N–C) groups is 1. The van der Waals surface area contributed by atoms with E-state index in [1.54, 1.807) is 25.9 Å². The number of hydrogen-bond donors (Lipinski definition) is 1. The normalized spacial score (nSPS) is 20.7. The SMILES string of the molecule is [2H]C([2H])(c1cnn(C)c1)N1C(=O)c2cc(S(=O)(=O)NC3(C)CC3)ccc2N2C1=NC[C@H]2C#Cc1cn(C)nc1F. The third kappa shape index (κ3) is 4.25. The Bertz CT molecular complexity index is 1770. The van der Waals surface area contributed by atoms with Crippen molar-refractivity contribution in [3.63, 3.8) is 0 Å². The molecule has 3 aromatic rings. The van der Waals surface area contributed by atoms with Gasteiger partial charge in [0, 0.05) is 37.6 Å². The highest BCUT2D eigenvalue weighted by Crippen LogP contribution is 2.38. The molecule has 1 aliphatic carbocycles. The van der Waals surface area contributed by atoms with Gasteiger partial charge in [-0.1, -0.05) is 11.8 Å². The van der Waals surface area contributed by atoms with Gasteiger partial charge in [0.1, 0.15) is 6.04 Å². The van der Waals surface area contributed by atoms with E-state index in [1.165, 1.54) is 46.2 Å². The van der Waals surface area contributed by atoms with Crippen LogP contribution in [0.5, 0.6) is 0 Å². The quantitative estimate of drug-likeness (QED) is 0.491. The van der Waals surface area contributed by atoms with Crippen molar-refractivity contribution in [3.8, 4) is 11.8 Å². The Hall–Kier alpha value is -4.02. The van der Waals surface area contributed by atoms with Crippen molar-refractivity contribution in [1.29, 1.82) is 0 Å². The van der Waals surface area contributed by atoms with Crippen LogP contribution in [0.3, 0.4) is 0 Å². The number of carbonyl (C=O) groups excluding carboxylic acids is 1. The third-order valence-corrected chi connectivity index (χ3v) is 8.22. The lowest BCUT2D eigenvalue weighted by Gasteiger charge is -2.37. The molecule has 0 saturated heterocycles. The van der Waals surface area contributed by atoms with Gasteiger partial charge in [0.15, 0.2) is 0 Å². The second-order valence-electron chi connectivity index (χ2n) is 9.80. The number of anilines is 1. The number of rotatable bonds is 5. The standard InChI is InChI=1S/C25H25FN8O3S/c1-25(8-9-25)30-38(36,37)19-6-7-21-20(10-19)23(35)33(14-16-11-28-31(2)13-16)24-27-12-18(34(21)24)5-4-17-15-32(3)29-22(17)26/h6-7,10-11,13,15,18,30H,8-9,12,14H2,1-3H3/t18-/m1/s1/i14D2. The molecule has 1 aromatic carbocycles. The average Bonchev–Trinajstić information content (AvgIpc) is 3.20. The second kappa shape index (κ2) is 8.50. The number of guanidine groups is 1. The lowest BCUT2D eigenvalue weighted by molar-refractivity contribution is 0.0833. The Morgan fingerprint density at radius 3 is 2.71 bits per heavy atom. The molecule has 2 aromatic heterocycles. The zero-order chi connectivity index (χ0) is 28.6. The highest BCUT2D eigenvalue weighted by molar-refractivity contribution is 7.89. The molecule has 1 fully saturated rings. The summed E-state index contributed by atoms with van der Waals surface area (Å²) in [5.41, 5.74) is -0.0557. The van der Waals surface area contributed by atoms with E-state index in [-0.39, 0.29) is 34.1 Å². The summed E-state index contributed by atoms with van der Waals surface area (Å²) in [7, 11) is -0.760. The third-order valence-electron chi connectivity index (χ3n) is 6.59. The Kier molecular flexibility index (Phi) is 4.92. The van der Waals surface area contributed by atoms with Gasteiger partial charge >= 0.3 is 0 Å². The van der Waals surface area contributed by atoms with Gasteiger partial charge in [0.05, 0.1) is 43.7 Å². The number of nitrogens with one attached hydrogen (secondary N) is 1. The molecule has 1 atom stereocenters. The van der Waals surface area contributed by atoms with E-state index in [9.17, 15) is 17.6 Å². The van der Waals surface area contributed by atoms with E-state index < -0.39 is 40.0 Å². The molecule has 38 heavy (non-hydrogen) atoms. The largest absolute Gasteiger partial charge is 0.295 e. The first-order valence-electron chi connectivity index (χ1n) is 12.9. The first-order valence-corrected chi connectivity index (χ1v) is 13.3. The maximum Gasteiger partial charge on any atom is 0.263 e. The molecule has 1 saturated carbocycles. The number of aromatic nitrogens is 4. The fraction of sp³-hybridized carbons (Fsp3) is 0.360. The number of amides is 1. The molecule has 1 amide bonds. The summed E-state index contributed by atoms with van der Waals surface area (Å²) < 4.78 is 63.7. The lowest BCUT2D eigenvalue weighted by atomic mass is 10.1. The van der Waals surface area contributed by atoms with Gasteiger partial charge < -0.3 is 0 Å². The fourth-order valence-corrected chi connectivity index (χ4v) is 5.88. The number of halogens is 1. The molecular formula is C25H25FN8O3S. The molecule has 6 rings (SSSR count). The van der Waals surface area contributed by atoms with E-state index >= 15 is 0 Å². The van der Waals surface area contributed by atoms with E-state index in [1.807, 2.05) is 0 Å². The molecule has 196 valence electrons. The summed E-state index contributed by atoms with van der Waals surface area (Å²) in [4.78, 5) is 20.8.